The molecule has 1 aliphatic rings. The van der Waals surface area contributed by atoms with E-state index in [4.69, 9.17) is 10.5 Å². The molecule has 3 heterocycles. The fraction of sp³-hybridized carbons (Fsp3) is 0.545. The van der Waals surface area contributed by atoms with Crippen LogP contribution in [0.1, 0.15) is 12.6 Å². The minimum atomic E-state index is -0.464. The van der Waals surface area contributed by atoms with Crippen LogP contribution >= 0.6 is 11.8 Å². The maximum Gasteiger partial charge on any atom is 0.167 e. The number of fused-ring (bicyclic) bond motifs is 1. The predicted octanol–water partition coefficient (Wildman–Crippen LogP) is 0.420. The fourth-order valence-electron chi connectivity index (χ4n) is 2.28. The number of nitrogens with zero attached hydrogens (tertiary/aromatic N) is 4. The number of nitrogen functional groups attached to an aromatic ring is 1. The summed E-state index contributed by atoms with van der Waals surface area (Å²) in [6.45, 7) is 0. The van der Waals surface area contributed by atoms with Crippen molar-refractivity contribution >= 4 is 28.7 Å². The quantitative estimate of drug-likeness (QED) is 0.841. The Kier molecular flexibility index (Phi) is 3.29. The van der Waals surface area contributed by atoms with Crippen LogP contribution in [0.4, 0.5) is 5.82 Å². The molecule has 0 unspecified atom stereocenters. The van der Waals surface area contributed by atoms with Crippen molar-refractivity contribution in [2.45, 2.75) is 24.9 Å². The number of hydrogen-bond donors (Lipinski definition) is 2. The summed E-state index contributed by atoms with van der Waals surface area (Å²) in [5.41, 5.74) is 6.95. The summed E-state index contributed by atoms with van der Waals surface area (Å²) >= 11 is 1.65. The second kappa shape index (κ2) is 4.95. The van der Waals surface area contributed by atoms with Gasteiger partial charge in [-0.25, -0.2) is 15.0 Å². The van der Waals surface area contributed by atoms with Gasteiger partial charge in [-0.15, -0.1) is 0 Å². The molecular weight excluding hydrogens is 266 g/mol. The SMILES string of the molecule is CSC[C@H]1O[C@@H](n2cnc3c(N)ncnc32)C[C@H]1O. The zero-order chi connectivity index (χ0) is 13.4. The average Bonchev–Trinajstić information content (AvgIpc) is 2.95. The van der Waals surface area contributed by atoms with Crippen LogP contribution in [-0.4, -0.2) is 48.8 Å². The van der Waals surface area contributed by atoms with Crippen LogP contribution in [0.3, 0.4) is 0 Å². The van der Waals surface area contributed by atoms with Gasteiger partial charge in [0.2, 0.25) is 0 Å². The molecule has 2 aromatic rings. The van der Waals surface area contributed by atoms with Crippen molar-refractivity contribution in [1.82, 2.24) is 19.5 Å². The van der Waals surface area contributed by atoms with Gasteiger partial charge in [0.05, 0.1) is 18.5 Å². The van der Waals surface area contributed by atoms with Crippen molar-refractivity contribution in [2.75, 3.05) is 17.7 Å². The van der Waals surface area contributed by atoms with Crippen LogP contribution in [0.15, 0.2) is 12.7 Å². The highest BCUT2D eigenvalue weighted by molar-refractivity contribution is 7.98. The van der Waals surface area contributed by atoms with Crippen LogP contribution in [0.25, 0.3) is 11.2 Å². The molecule has 0 amide bonds. The van der Waals surface area contributed by atoms with Crippen molar-refractivity contribution in [3.8, 4) is 0 Å². The Bertz CT molecular complexity index is 589. The molecule has 3 atom stereocenters. The number of aliphatic hydroxyl groups excluding tert-OH is 1. The maximum absolute atomic E-state index is 9.99. The third kappa shape index (κ3) is 2.15. The summed E-state index contributed by atoms with van der Waals surface area (Å²) < 4.78 is 7.66. The topological polar surface area (TPSA) is 99.1 Å². The van der Waals surface area contributed by atoms with Crippen molar-refractivity contribution in [2.24, 2.45) is 0 Å². The highest BCUT2D eigenvalue weighted by Gasteiger charge is 2.35. The van der Waals surface area contributed by atoms with Crippen LogP contribution in [0.2, 0.25) is 0 Å². The Morgan fingerprint density at radius 2 is 2.37 bits per heavy atom. The molecule has 102 valence electrons. The van der Waals surface area contributed by atoms with Crippen LogP contribution in [0.5, 0.6) is 0 Å². The van der Waals surface area contributed by atoms with Gasteiger partial charge in [0.15, 0.2) is 11.5 Å². The molecule has 8 heteroatoms. The number of imidazole rings is 1. The molecule has 0 spiro atoms. The lowest BCUT2D eigenvalue weighted by atomic mass is 10.2. The van der Waals surface area contributed by atoms with E-state index < -0.39 is 6.10 Å². The van der Waals surface area contributed by atoms with E-state index in [1.165, 1.54) is 6.33 Å². The van der Waals surface area contributed by atoms with E-state index in [1.54, 1.807) is 22.7 Å². The Morgan fingerprint density at radius 1 is 1.53 bits per heavy atom. The monoisotopic (exact) mass is 281 g/mol. The van der Waals surface area contributed by atoms with Crippen molar-refractivity contribution in [3.63, 3.8) is 0 Å². The number of thioether (sulfide) groups is 1. The number of ether oxygens (including phenoxy) is 1. The second-order valence-corrected chi connectivity index (χ2v) is 5.38. The highest BCUT2D eigenvalue weighted by Crippen LogP contribution is 2.32. The first-order valence-corrected chi connectivity index (χ1v) is 7.35. The van der Waals surface area contributed by atoms with Gasteiger partial charge in [-0.05, 0) is 6.26 Å². The number of hydrogen-bond acceptors (Lipinski definition) is 7. The van der Waals surface area contributed by atoms with E-state index in [0.29, 0.717) is 23.4 Å². The van der Waals surface area contributed by atoms with E-state index in [0.717, 1.165) is 5.75 Å². The van der Waals surface area contributed by atoms with E-state index in [-0.39, 0.29) is 12.3 Å². The number of rotatable bonds is 3. The highest BCUT2D eigenvalue weighted by atomic mass is 32.2. The summed E-state index contributed by atoms with van der Waals surface area (Å²) in [6.07, 6.45) is 4.68. The van der Waals surface area contributed by atoms with Crippen LogP contribution in [0, 0.1) is 0 Å². The Morgan fingerprint density at radius 3 is 3.16 bits per heavy atom. The number of aliphatic hydroxyl groups is 1. The molecule has 1 saturated heterocycles. The van der Waals surface area contributed by atoms with Crippen LogP contribution in [-0.2, 0) is 4.74 Å². The minimum absolute atomic E-state index is 0.156. The zero-order valence-electron chi connectivity index (χ0n) is 10.4. The molecule has 19 heavy (non-hydrogen) atoms. The third-order valence-electron chi connectivity index (χ3n) is 3.23. The number of aromatic nitrogens is 4. The Hall–Kier alpha value is -1.38. The molecule has 1 aliphatic heterocycles. The fourth-order valence-corrected chi connectivity index (χ4v) is 2.91. The standard InChI is InChI=1S/C11H15N5O2S/c1-19-3-7-6(17)2-8(18-7)16-5-15-9-10(12)13-4-14-11(9)16/h4-8,17H,2-3H2,1H3,(H2,12,13,14)/t6-,7-,8-/m1/s1. The molecule has 2 aromatic heterocycles. The molecule has 3 rings (SSSR count). The predicted molar refractivity (Wildman–Crippen MR) is 72.7 cm³/mol. The maximum atomic E-state index is 9.99. The summed E-state index contributed by atoms with van der Waals surface area (Å²) in [5.74, 6) is 1.12. The first kappa shape index (κ1) is 12.6. The van der Waals surface area contributed by atoms with E-state index >= 15 is 0 Å². The van der Waals surface area contributed by atoms with Gasteiger partial charge >= 0.3 is 0 Å². The molecule has 0 saturated carbocycles. The lowest BCUT2D eigenvalue weighted by Gasteiger charge is -2.14. The zero-order valence-corrected chi connectivity index (χ0v) is 11.2. The lowest BCUT2D eigenvalue weighted by molar-refractivity contribution is -0.00368. The van der Waals surface area contributed by atoms with Crippen molar-refractivity contribution in [1.29, 1.82) is 0 Å². The lowest BCUT2D eigenvalue weighted by Crippen LogP contribution is -2.23. The van der Waals surface area contributed by atoms with Crippen LogP contribution < -0.4 is 5.73 Å². The average molecular weight is 281 g/mol. The van der Waals surface area contributed by atoms with E-state index in [2.05, 4.69) is 15.0 Å². The van der Waals surface area contributed by atoms with Gasteiger partial charge < -0.3 is 15.6 Å². The molecule has 0 bridgehead atoms. The molecule has 7 nitrogen and oxygen atoms in total. The Labute approximate surface area is 114 Å². The summed E-state index contributed by atoms with van der Waals surface area (Å²) in [7, 11) is 0. The third-order valence-corrected chi connectivity index (χ3v) is 3.89. The molecule has 0 aliphatic carbocycles. The van der Waals surface area contributed by atoms with Crippen molar-refractivity contribution in [3.05, 3.63) is 12.7 Å². The molecular formula is C11H15N5O2S. The molecule has 0 radical (unpaired) electrons. The summed E-state index contributed by atoms with van der Waals surface area (Å²) in [6, 6.07) is 0. The van der Waals surface area contributed by atoms with Crippen molar-refractivity contribution < 1.29 is 9.84 Å². The number of nitrogens with two attached hydrogens (primary N) is 1. The first-order chi connectivity index (χ1) is 9.20. The minimum Gasteiger partial charge on any atom is -0.390 e. The first-order valence-electron chi connectivity index (χ1n) is 5.96. The summed E-state index contributed by atoms with van der Waals surface area (Å²) in [4.78, 5) is 12.3. The smallest absolute Gasteiger partial charge is 0.167 e. The number of anilines is 1. The normalized spacial score (nSPS) is 27.2. The largest absolute Gasteiger partial charge is 0.390 e. The second-order valence-electron chi connectivity index (χ2n) is 4.47. The van der Waals surface area contributed by atoms with Gasteiger partial charge in [-0.3, -0.25) is 4.57 Å². The Balaban J connectivity index is 1.91. The van der Waals surface area contributed by atoms with E-state index in [9.17, 15) is 5.11 Å². The van der Waals surface area contributed by atoms with Gasteiger partial charge in [0, 0.05) is 12.2 Å². The van der Waals surface area contributed by atoms with Gasteiger partial charge in [-0.2, -0.15) is 11.8 Å². The summed E-state index contributed by atoms with van der Waals surface area (Å²) in [5, 5.41) is 9.99. The van der Waals surface area contributed by atoms with Gasteiger partial charge in [0.25, 0.3) is 0 Å². The molecule has 0 aromatic carbocycles. The molecule has 1 fully saturated rings. The van der Waals surface area contributed by atoms with E-state index in [1.807, 2.05) is 6.26 Å². The van der Waals surface area contributed by atoms with Gasteiger partial charge in [-0.1, -0.05) is 0 Å². The van der Waals surface area contributed by atoms with Gasteiger partial charge in [0.1, 0.15) is 18.1 Å². The molecule has 3 N–H and O–H groups in total.